The summed E-state index contributed by atoms with van der Waals surface area (Å²) in [4.78, 5) is 31.6. The minimum Gasteiger partial charge on any atom is -0.451 e. The van der Waals surface area contributed by atoms with E-state index in [2.05, 4.69) is 27.4 Å². The van der Waals surface area contributed by atoms with Gasteiger partial charge in [0.2, 0.25) is 0 Å². The Morgan fingerprint density at radius 1 is 1.19 bits per heavy atom. The molecule has 0 fully saturated rings. The summed E-state index contributed by atoms with van der Waals surface area (Å²) >= 11 is 0. The maximum atomic E-state index is 12.1. The number of carbonyl (C=O) groups is 2. The predicted molar refractivity (Wildman–Crippen MR) is 96.4 cm³/mol. The van der Waals surface area contributed by atoms with E-state index in [4.69, 9.17) is 10.5 Å². The van der Waals surface area contributed by atoms with Crippen molar-refractivity contribution in [3.63, 3.8) is 0 Å². The highest BCUT2D eigenvalue weighted by Crippen LogP contribution is 2.24. The summed E-state index contributed by atoms with van der Waals surface area (Å²) in [6.45, 7) is 1.51. The van der Waals surface area contributed by atoms with E-state index in [1.165, 1.54) is 36.4 Å². The monoisotopic (exact) mass is 354 g/mol. The summed E-state index contributed by atoms with van der Waals surface area (Å²) in [5, 5.41) is 2.84. The number of aromatic nitrogens is 2. The second kappa shape index (κ2) is 7.95. The molecule has 1 aromatic carbocycles. The van der Waals surface area contributed by atoms with Crippen molar-refractivity contribution in [3.8, 4) is 0 Å². The van der Waals surface area contributed by atoms with Gasteiger partial charge in [-0.2, -0.15) is 0 Å². The van der Waals surface area contributed by atoms with Crippen molar-refractivity contribution in [3.05, 3.63) is 53.0 Å². The Balaban J connectivity index is 1.54. The van der Waals surface area contributed by atoms with Crippen molar-refractivity contribution >= 4 is 17.7 Å². The number of benzene rings is 1. The van der Waals surface area contributed by atoms with E-state index in [1.807, 2.05) is 13.0 Å². The topological polar surface area (TPSA) is 107 Å². The molecule has 1 aliphatic rings. The fraction of sp³-hybridized carbons (Fsp3) is 0.368. The zero-order chi connectivity index (χ0) is 18.5. The van der Waals surface area contributed by atoms with Gasteiger partial charge in [-0.25, -0.2) is 14.8 Å². The molecule has 0 aliphatic heterocycles. The molecule has 1 atom stereocenters. The second-order valence-electron chi connectivity index (χ2n) is 6.39. The Labute approximate surface area is 152 Å². The number of fused-ring (bicyclic) bond motifs is 1. The van der Waals surface area contributed by atoms with Crippen LogP contribution in [0.2, 0.25) is 0 Å². The number of nitrogens with zero attached hydrogens (tertiary/aromatic N) is 2. The van der Waals surface area contributed by atoms with Crippen molar-refractivity contribution in [1.29, 1.82) is 0 Å². The molecule has 3 N–H and O–H groups in total. The second-order valence-corrected chi connectivity index (χ2v) is 6.39. The fourth-order valence-electron chi connectivity index (χ4n) is 3.09. The van der Waals surface area contributed by atoms with E-state index in [-0.39, 0.29) is 23.5 Å². The summed E-state index contributed by atoms with van der Waals surface area (Å²) in [6, 6.07) is 6.17. The number of ether oxygens (including phenoxy) is 1. The lowest BCUT2D eigenvalue weighted by Gasteiger charge is -2.20. The molecule has 7 heteroatoms. The summed E-state index contributed by atoms with van der Waals surface area (Å²) < 4.78 is 4.96. The molecule has 0 saturated heterocycles. The Hall–Kier alpha value is -2.96. The smallest absolute Gasteiger partial charge is 0.361 e. The summed E-state index contributed by atoms with van der Waals surface area (Å²) in [5.74, 6) is -1.18. The third-order valence-corrected chi connectivity index (χ3v) is 4.50. The van der Waals surface area contributed by atoms with Gasteiger partial charge in [0.1, 0.15) is 0 Å². The van der Waals surface area contributed by atoms with Crippen LogP contribution < -0.4 is 11.1 Å². The molecule has 1 aliphatic carbocycles. The molecule has 7 nitrogen and oxygen atoms in total. The predicted octanol–water partition coefficient (Wildman–Crippen LogP) is 1.97. The summed E-state index contributed by atoms with van der Waals surface area (Å²) in [6.07, 6.45) is 7.36. The van der Waals surface area contributed by atoms with Crippen molar-refractivity contribution in [2.24, 2.45) is 0 Å². The van der Waals surface area contributed by atoms with Crippen LogP contribution in [0.25, 0.3) is 0 Å². The molecule has 1 amide bonds. The van der Waals surface area contributed by atoms with Crippen LogP contribution >= 0.6 is 0 Å². The Kier molecular flexibility index (Phi) is 5.46. The highest BCUT2D eigenvalue weighted by molar-refractivity contribution is 5.93. The standard InChI is InChI=1S/C19H22N4O3/c1-12(14-7-6-13-4-2-3-5-15(13)10-14)23-16(24)11-26-19(25)17-18(20)22-9-8-21-17/h6-10,12H,2-5,11H2,1H3,(H2,20,22)(H,23,24)/t12-/m1/s1. The highest BCUT2D eigenvalue weighted by Gasteiger charge is 2.17. The van der Waals surface area contributed by atoms with Gasteiger partial charge in [-0.1, -0.05) is 18.2 Å². The number of nitrogen functional groups attached to an aromatic ring is 1. The number of carbonyl (C=O) groups excluding carboxylic acids is 2. The molecule has 136 valence electrons. The van der Waals surface area contributed by atoms with Gasteiger partial charge in [-0.05, 0) is 49.3 Å². The number of nitrogens with one attached hydrogen (secondary N) is 1. The van der Waals surface area contributed by atoms with Crippen molar-refractivity contribution in [2.45, 2.75) is 38.6 Å². The van der Waals surface area contributed by atoms with Crippen LogP contribution in [0.5, 0.6) is 0 Å². The average molecular weight is 354 g/mol. The molecule has 2 aromatic rings. The number of hydrogen-bond donors (Lipinski definition) is 2. The first-order chi connectivity index (χ1) is 12.5. The van der Waals surface area contributed by atoms with E-state index in [0.29, 0.717) is 0 Å². The van der Waals surface area contributed by atoms with Crippen LogP contribution in [0, 0.1) is 0 Å². The number of anilines is 1. The van der Waals surface area contributed by atoms with Gasteiger partial charge in [0.15, 0.2) is 18.1 Å². The largest absolute Gasteiger partial charge is 0.451 e. The number of rotatable bonds is 5. The normalized spacial score (nSPS) is 14.2. The van der Waals surface area contributed by atoms with Gasteiger partial charge in [0, 0.05) is 12.4 Å². The lowest BCUT2D eigenvalue weighted by molar-refractivity contribution is -0.124. The van der Waals surface area contributed by atoms with E-state index in [1.54, 1.807) is 0 Å². The third-order valence-electron chi connectivity index (χ3n) is 4.50. The molecule has 1 aromatic heterocycles. The minimum atomic E-state index is -0.771. The first-order valence-corrected chi connectivity index (χ1v) is 8.69. The van der Waals surface area contributed by atoms with Crippen LogP contribution in [-0.2, 0) is 22.4 Å². The van der Waals surface area contributed by atoms with Crippen LogP contribution in [0.15, 0.2) is 30.6 Å². The van der Waals surface area contributed by atoms with Crippen LogP contribution in [0.1, 0.15) is 53.0 Å². The van der Waals surface area contributed by atoms with E-state index in [0.717, 1.165) is 18.4 Å². The molecule has 26 heavy (non-hydrogen) atoms. The molecular formula is C19H22N4O3. The fourth-order valence-corrected chi connectivity index (χ4v) is 3.09. The number of nitrogens with two attached hydrogens (primary N) is 1. The van der Waals surface area contributed by atoms with E-state index in [9.17, 15) is 9.59 Å². The highest BCUT2D eigenvalue weighted by atomic mass is 16.5. The van der Waals surface area contributed by atoms with Crippen LogP contribution in [-0.4, -0.2) is 28.5 Å². The first kappa shape index (κ1) is 17.8. The molecule has 0 unspecified atom stereocenters. The van der Waals surface area contributed by atoms with Crippen LogP contribution in [0.3, 0.4) is 0 Å². The maximum Gasteiger partial charge on any atom is 0.361 e. The van der Waals surface area contributed by atoms with Crippen molar-refractivity contribution in [1.82, 2.24) is 15.3 Å². The van der Waals surface area contributed by atoms with Gasteiger partial charge in [0.05, 0.1) is 6.04 Å². The van der Waals surface area contributed by atoms with Gasteiger partial charge < -0.3 is 15.8 Å². The first-order valence-electron chi connectivity index (χ1n) is 8.69. The zero-order valence-corrected chi connectivity index (χ0v) is 14.7. The third kappa shape index (κ3) is 4.17. The van der Waals surface area contributed by atoms with Gasteiger partial charge >= 0.3 is 5.97 Å². The molecule has 0 saturated carbocycles. The van der Waals surface area contributed by atoms with Gasteiger partial charge in [0.25, 0.3) is 5.91 Å². The molecule has 1 heterocycles. The SMILES string of the molecule is C[C@@H](NC(=O)COC(=O)c1nccnc1N)c1ccc2c(c1)CCCC2. The molecular weight excluding hydrogens is 332 g/mol. The summed E-state index contributed by atoms with van der Waals surface area (Å²) in [7, 11) is 0. The van der Waals surface area contributed by atoms with Crippen molar-refractivity contribution < 1.29 is 14.3 Å². The van der Waals surface area contributed by atoms with Gasteiger partial charge in [-0.3, -0.25) is 4.79 Å². The molecule has 0 spiro atoms. The summed E-state index contributed by atoms with van der Waals surface area (Å²) in [5.41, 5.74) is 9.27. The Morgan fingerprint density at radius 2 is 1.92 bits per heavy atom. The molecule has 0 radical (unpaired) electrons. The van der Waals surface area contributed by atoms with Gasteiger partial charge in [-0.15, -0.1) is 0 Å². The minimum absolute atomic E-state index is 0.0275. The Bertz CT molecular complexity index is 822. The van der Waals surface area contributed by atoms with Crippen molar-refractivity contribution in [2.75, 3.05) is 12.3 Å². The lowest BCUT2D eigenvalue weighted by Crippen LogP contribution is -2.31. The number of hydrogen-bond acceptors (Lipinski definition) is 6. The molecule has 3 rings (SSSR count). The van der Waals surface area contributed by atoms with Crippen LogP contribution in [0.4, 0.5) is 5.82 Å². The zero-order valence-electron chi connectivity index (χ0n) is 14.7. The lowest BCUT2D eigenvalue weighted by atomic mass is 9.89. The molecule has 0 bridgehead atoms. The number of aryl methyl sites for hydroxylation is 2. The number of amides is 1. The Morgan fingerprint density at radius 3 is 2.69 bits per heavy atom. The van der Waals surface area contributed by atoms with E-state index < -0.39 is 12.6 Å². The number of esters is 1. The maximum absolute atomic E-state index is 12.1. The average Bonchev–Trinajstić information content (AvgIpc) is 2.66. The quantitative estimate of drug-likeness (QED) is 0.795. The van der Waals surface area contributed by atoms with E-state index >= 15 is 0 Å².